The summed E-state index contributed by atoms with van der Waals surface area (Å²) >= 11 is 0. The lowest BCUT2D eigenvalue weighted by Crippen LogP contribution is -2.07. The zero-order valence-corrected chi connectivity index (χ0v) is 12.0. The standard InChI is InChI=1S/C16H15O3P/c17-13(10-20-14-4-2-1-3-5-14)8-12-6-7-15-16(9-12)19-11-18-15/h1-7,9,20H,8,10-11H2. The van der Waals surface area contributed by atoms with Gasteiger partial charge in [-0.25, -0.2) is 0 Å². The summed E-state index contributed by atoms with van der Waals surface area (Å²) in [6.07, 6.45) is 1.05. The van der Waals surface area contributed by atoms with Crippen molar-refractivity contribution in [3.8, 4) is 11.5 Å². The number of hydrogen-bond donors (Lipinski definition) is 0. The number of fused-ring (bicyclic) bond motifs is 1. The second kappa shape index (κ2) is 6.06. The molecule has 0 saturated carbocycles. The predicted octanol–water partition coefficient (Wildman–Crippen LogP) is 2.53. The molecule has 0 N–H and O–H groups in total. The molecule has 2 aromatic carbocycles. The van der Waals surface area contributed by atoms with Gasteiger partial charge in [-0.05, 0) is 23.0 Å². The monoisotopic (exact) mass is 286 g/mol. The van der Waals surface area contributed by atoms with Gasteiger partial charge in [-0.2, -0.15) is 0 Å². The van der Waals surface area contributed by atoms with E-state index in [4.69, 9.17) is 9.47 Å². The number of ketones is 1. The molecule has 0 saturated heterocycles. The molecule has 4 heteroatoms. The lowest BCUT2D eigenvalue weighted by molar-refractivity contribution is -0.116. The molecular formula is C16H15O3P. The van der Waals surface area contributed by atoms with E-state index in [1.165, 1.54) is 5.30 Å². The van der Waals surface area contributed by atoms with Gasteiger partial charge in [0, 0.05) is 12.6 Å². The van der Waals surface area contributed by atoms with Crippen molar-refractivity contribution in [2.45, 2.75) is 6.42 Å². The van der Waals surface area contributed by atoms with Crippen molar-refractivity contribution in [2.24, 2.45) is 0 Å². The summed E-state index contributed by atoms with van der Waals surface area (Å²) in [5.41, 5.74) is 0.983. The maximum atomic E-state index is 12.0. The van der Waals surface area contributed by atoms with E-state index in [0.29, 0.717) is 21.2 Å². The van der Waals surface area contributed by atoms with Crippen LogP contribution in [0.1, 0.15) is 5.56 Å². The molecule has 0 bridgehead atoms. The molecule has 0 radical (unpaired) electrons. The fourth-order valence-electron chi connectivity index (χ4n) is 2.10. The summed E-state index contributed by atoms with van der Waals surface area (Å²) in [6.45, 7) is 0.266. The maximum Gasteiger partial charge on any atom is 0.231 e. The molecule has 102 valence electrons. The van der Waals surface area contributed by atoms with Crippen molar-refractivity contribution in [1.29, 1.82) is 0 Å². The summed E-state index contributed by atoms with van der Waals surface area (Å²) in [4.78, 5) is 12.0. The van der Waals surface area contributed by atoms with E-state index in [-0.39, 0.29) is 12.6 Å². The Morgan fingerprint density at radius 3 is 2.70 bits per heavy atom. The van der Waals surface area contributed by atoms with Crippen molar-refractivity contribution in [3.63, 3.8) is 0 Å². The SMILES string of the molecule is O=C(CPc1ccccc1)Cc1ccc2c(c1)OCO2. The molecule has 2 aromatic rings. The van der Waals surface area contributed by atoms with E-state index >= 15 is 0 Å². The third kappa shape index (κ3) is 3.17. The highest BCUT2D eigenvalue weighted by atomic mass is 31.1. The highest BCUT2D eigenvalue weighted by molar-refractivity contribution is 7.48. The minimum Gasteiger partial charge on any atom is -0.454 e. The van der Waals surface area contributed by atoms with Crippen LogP contribution in [0.5, 0.6) is 11.5 Å². The average molecular weight is 286 g/mol. The van der Waals surface area contributed by atoms with Crippen molar-refractivity contribution in [1.82, 2.24) is 0 Å². The minimum absolute atomic E-state index is 0.256. The van der Waals surface area contributed by atoms with E-state index in [0.717, 1.165) is 17.1 Å². The number of benzene rings is 2. The minimum atomic E-state index is 0.256. The zero-order valence-electron chi connectivity index (χ0n) is 11.0. The molecule has 1 heterocycles. The zero-order chi connectivity index (χ0) is 13.8. The Labute approximate surface area is 119 Å². The van der Waals surface area contributed by atoms with Gasteiger partial charge in [0.25, 0.3) is 0 Å². The molecule has 0 fully saturated rings. The van der Waals surface area contributed by atoms with Gasteiger partial charge >= 0.3 is 0 Å². The van der Waals surface area contributed by atoms with Crippen LogP contribution in [-0.4, -0.2) is 18.7 Å². The fourth-order valence-corrected chi connectivity index (χ4v) is 3.05. The molecule has 0 spiro atoms. The smallest absolute Gasteiger partial charge is 0.231 e. The van der Waals surface area contributed by atoms with Crippen LogP contribution in [0.3, 0.4) is 0 Å². The summed E-state index contributed by atoms with van der Waals surface area (Å²) in [7, 11) is 0.539. The number of carbonyl (C=O) groups excluding carboxylic acids is 1. The molecule has 1 aliphatic heterocycles. The largest absolute Gasteiger partial charge is 0.454 e. The van der Waals surface area contributed by atoms with Crippen molar-refractivity contribution >= 4 is 19.7 Å². The molecule has 3 rings (SSSR count). The second-order valence-corrected chi connectivity index (χ2v) is 5.91. The van der Waals surface area contributed by atoms with Crippen LogP contribution < -0.4 is 14.8 Å². The van der Waals surface area contributed by atoms with Gasteiger partial charge in [0.2, 0.25) is 6.79 Å². The van der Waals surface area contributed by atoms with Gasteiger partial charge in [0.1, 0.15) is 5.78 Å². The topological polar surface area (TPSA) is 35.5 Å². The third-order valence-corrected chi connectivity index (χ3v) is 4.41. The number of hydrogen-bond acceptors (Lipinski definition) is 3. The van der Waals surface area contributed by atoms with Crippen LogP contribution in [0.4, 0.5) is 0 Å². The predicted molar refractivity (Wildman–Crippen MR) is 80.5 cm³/mol. The van der Waals surface area contributed by atoms with Crippen molar-refractivity contribution < 1.29 is 14.3 Å². The van der Waals surface area contributed by atoms with Gasteiger partial charge in [0.05, 0.1) is 0 Å². The molecule has 20 heavy (non-hydrogen) atoms. The van der Waals surface area contributed by atoms with E-state index < -0.39 is 0 Å². The van der Waals surface area contributed by atoms with Gasteiger partial charge in [-0.15, -0.1) is 0 Å². The maximum absolute atomic E-state index is 12.0. The Kier molecular flexibility index (Phi) is 3.98. The first kappa shape index (κ1) is 13.1. The van der Waals surface area contributed by atoms with E-state index in [1.54, 1.807) is 0 Å². The van der Waals surface area contributed by atoms with Crippen LogP contribution in [0, 0.1) is 0 Å². The van der Waals surface area contributed by atoms with Crippen LogP contribution in [-0.2, 0) is 11.2 Å². The normalized spacial score (nSPS) is 13.0. The molecule has 1 unspecified atom stereocenters. The Hall–Kier alpha value is -1.86. The lowest BCUT2D eigenvalue weighted by Gasteiger charge is -2.03. The molecular weight excluding hydrogens is 271 g/mol. The van der Waals surface area contributed by atoms with Crippen LogP contribution in [0.15, 0.2) is 48.5 Å². The van der Waals surface area contributed by atoms with Crippen LogP contribution in [0.2, 0.25) is 0 Å². The molecule has 1 atom stereocenters. The molecule has 0 aliphatic carbocycles. The third-order valence-electron chi connectivity index (χ3n) is 3.10. The van der Waals surface area contributed by atoms with E-state index in [2.05, 4.69) is 12.1 Å². The first-order valence-corrected chi connectivity index (χ1v) is 7.71. The number of rotatable bonds is 5. The van der Waals surface area contributed by atoms with Gasteiger partial charge in [-0.3, -0.25) is 4.79 Å². The summed E-state index contributed by atoms with van der Waals surface area (Å²) in [5, 5.41) is 1.23. The molecule has 0 amide bonds. The Balaban J connectivity index is 1.56. The number of ether oxygens (including phenoxy) is 2. The summed E-state index contributed by atoms with van der Waals surface area (Å²) < 4.78 is 10.6. The second-order valence-electron chi connectivity index (χ2n) is 4.62. The number of carbonyl (C=O) groups is 1. The van der Waals surface area contributed by atoms with Crippen LogP contribution in [0.25, 0.3) is 0 Å². The quantitative estimate of drug-likeness (QED) is 0.792. The Morgan fingerprint density at radius 2 is 1.85 bits per heavy atom. The van der Waals surface area contributed by atoms with E-state index in [9.17, 15) is 4.79 Å². The van der Waals surface area contributed by atoms with Gasteiger partial charge in [0.15, 0.2) is 11.5 Å². The Bertz CT molecular complexity index is 610. The average Bonchev–Trinajstić information content (AvgIpc) is 2.94. The highest BCUT2D eigenvalue weighted by Crippen LogP contribution is 2.32. The van der Waals surface area contributed by atoms with E-state index in [1.807, 2.05) is 36.4 Å². The molecule has 3 nitrogen and oxygen atoms in total. The lowest BCUT2D eigenvalue weighted by atomic mass is 10.1. The number of Topliss-reactive ketones (excluding diaryl/α,β-unsaturated/α-hetero) is 1. The highest BCUT2D eigenvalue weighted by Gasteiger charge is 2.14. The van der Waals surface area contributed by atoms with Crippen molar-refractivity contribution in [2.75, 3.05) is 13.0 Å². The van der Waals surface area contributed by atoms with Crippen molar-refractivity contribution in [3.05, 3.63) is 54.1 Å². The van der Waals surface area contributed by atoms with Gasteiger partial charge in [-0.1, -0.05) is 45.0 Å². The Morgan fingerprint density at radius 1 is 1.05 bits per heavy atom. The summed E-state index contributed by atoms with van der Waals surface area (Å²) in [6, 6.07) is 15.8. The van der Waals surface area contributed by atoms with Crippen LogP contribution >= 0.6 is 8.58 Å². The summed E-state index contributed by atoms with van der Waals surface area (Å²) in [5.74, 6) is 1.75. The molecule has 1 aliphatic rings. The molecule has 0 aromatic heterocycles. The first-order valence-electron chi connectivity index (χ1n) is 6.50. The van der Waals surface area contributed by atoms with Gasteiger partial charge < -0.3 is 9.47 Å². The first-order chi connectivity index (χ1) is 9.81. The fraction of sp³-hybridized carbons (Fsp3) is 0.188.